The minimum atomic E-state index is -0.115. The molecule has 0 unspecified atom stereocenters. The van der Waals surface area contributed by atoms with Crippen molar-refractivity contribution in [3.8, 4) is 0 Å². The molecule has 0 saturated heterocycles. The van der Waals surface area contributed by atoms with Crippen LogP contribution in [0.15, 0.2) is 29.3 Å². The SMILES string of the molecule is CC.Cn1c(=O)cnc2ncccc21. The molecule has 0 bridgehead atoms. The maximum absolute atomic E-state index is 11.1. The molecule has 14 heavy (non-hydrogen) atoms. The highest BCUT2D eigenvalue weighted by atomic mass is 16.1. The Labute approximate surface area is 82.2 Å². The third-order valence-electron chi connectivity index (χ3n) is 1.76. The van der Waals surface area contributed by atoms with E-state index in [9.17, 15) is 4.79 Å². The second-order valence-corrected chi connectivity index (χ2v) is 2.50. The van der Waals surface area contributed by atoms with Gasteiger partial charge in [0.05, 0.1) is 11.7 Å². The molecule has 0 aliphatic heterocycles. The van der Waals surface area contributed by atoms with Crippen LogP contribution in [0.2, 0.25) is 0 Å². The van der Waals surface area contributed by atoms with Crippen molar-refractivity contribution in [2.24, 2.45) is 7.05 Å². The van der Waals surface area contributed by atoms with Crippen molar-refractivity contribution in [2.45, 2.75) is 13.8 Å². The monoisotopic (exact) mass is 191 g/mol. The fraction of sp³-hybridized carbons (Fsp3) is 0.300. The average molecular weight is 191 g/mol. The lowest BCUT2D eigenvalue weighted by atomic mass is 10.4. The second-order valence-electron chi connectivity index (χ2n) is 2.50. The van der Waals surface area contributed by atoms with Crippen molar-refractivity contribution in [3.05, 3.63) is 34.9 Å². The highest BCUT2D eigenvalue weighted by Gasteiger charge is 1.98. The molecule has 0 fully saturated rings. The molecule has 0 aliphatic carbocycles. The van der Waals surface area contributed by atoms with Gasteiger partial charge in [0.25, 0.3) is 5.56 Å². The molecular weight excluding hydrogens is 178 g/mol. The first-order chi connectivity index (χ1) is 6.79. The van der Waals surface area contributed by atoms with Gasteiger partial charge in [0.1, 0.15) is 0 Å². The standard InChI is InChI=1S/C8H7N3O.C2H6/c1-11-6-3-2-4-9-8(6)10-5-7(11)12;1-2/h2-5H,1H3;1-2H3. The van der Waals surface area contributed by atoms with Gasteiger partial charge in [0, 0.05) is 13.2 Å². The second kappa shape index (κ2) is 4.50. The summed E-state index contributed by atoms with van der Waals surface area (Å²) >= 11 is 0. The van der Waals surface area contributed by atoms with Gasteiger partial charge in [-0.25, -0.2) is 9.97 Å². The first kappa shape index (κ1) is 10.4. The smallest absolute Gasteiger partial charge is 0.269 e. The number of nitrogens with zero attached hydrogens (tertiary/aromatic N) is 3. The zero-order valence-electron chi connectivity index (χ0n) is 8.56. The van der Waals surface area contributed by atoms with Crippen LogP contribution in [0.3, 0.4) is 0 Å². The minimum absolute atomic E-state index is 0.115. The summed E-state index contributed by atoms with van der Waals surface area (Å²) in [5.74, 6) is 0. The molecule has 4 heteroatoms. The molecule has 2 rings (SSSR count). The van der Waals surface area contributed by atoms with Crippen molar-refractivity contribution < 1.29 is 0 Å². The number of fused-ring (bicyclic) bond motifs is 1. The van der Waals surface area contributed by atoms with Gasteiger partial charge < -0.3 is 4.57 Å². The van der Waals surface area contributed by atoms with Crippen LogP contribution >= 0.6 is 0 Å². The van der Waals surface area contributed by atoms with E-state index in [1.807, 2.05) is 19.9 Å². The highest BCUT2D eigenvalue weighted by Crippen LogP contribution is 2.01. The molecule has 0 amide bonds. The summed E-state index contributed by atoms with van der Waals surface area (Å²) in [6.07, 6.45) is 2.93. The van der Waals surface area contributed by atoms with E-state index in [0.717, 1.165) is 5.52 Å². The van der Waals surface area contributed by atoms with Crippen LogP contribution < -0.4 is 5.56 Å². The summed E-state index contributed by atoms with van der Waals surface area (Å²) in [6.45, 7) is 4.00. The number of rotatable bonds is 0. The van der Waals surface area contributed by atoms with Gasteiger partial charge in [0.2, 0.25) is 0 Å². The van der Waals surface area contributed by atoms with Gasteiger partial charge in [-0.15, -0.1) is 0 Å². The number of hydrogen-bond donors (Lipinski definition) is 0. The molecule has 2 aromatic rings. The predicted molar refractivity (Wildman–Crippen MR) is 56.1 cm³/mol. The largest absolute Gasteiger partial charge is 0.307 e. The quantitative estimate of drug-likeness (QED) is 0.631. The van der Waals surface area contributed by atoms with Gasteiger partial charge in [-0.05, 0) is 12.1 Å². The summed E-state index contributed by atoms with van der Waals surface area (Å²) in [4.78, 5) is 19.0. The van der Waals surface area contributed by atoms with E-state index in [-0.39, 0.29) is 5.56 Å². The first-order valence-corrected chi connectivity index (χ1v) is 4.56. The maximum atomic E-state index is 11.1. The van der Waals surface area contributed by atoms with Crippen molar-refractivity contribution in [3.63, 3.8) is 0 Å². The third-order valence-corrected chi connectivity index (χ3v) is 1.76. The van der Waals surface area contributed by atoms with Gasteiger partial charge >= 0.3 is 0 Å². The lowest BCUT2D eigenvalue weighted by Crippen LogP contribution is -2.16. The maximum Gasteiger partial charge on any atom is 0.269 e. The minimum Gasteiger partial charge on any atom is -0.307 e. The van der Waals surface area contributed by atoms with Gasteiger partial charge in [-0.1, -0.05) is 13.8 Å². The van der Waals surface area contributed by atoms with Crippen LogP contribution in [0, 0.1) is 0 Å². The van der Waals surface area contributed by atoms with E-state index in [4.69, 9.17) is 0 Å². The van der Waals surface area contributed by atoms with Crippen LogP contribution in [0.1, 0.15) is 13.8 Å². The first-order valence-electron chi connectivity index (χ1n) is 4.56. The number of hydrogen-bond acceptors (Lipinski definition) is 3. The Hall–Kier alpha value is -1.71. The fourth-order valence-corrected chi connectivity index (χ4v) is 1.07. The lowest BCUT2D eigenvalue weighted by Gasteiger charge is -2.00. The Bertz CT molecular complexity index is 476. The number of aromatic nitrogens is 3. The van der Waals surface area contributed by atoms with E-state index < -0.39 is 0 Å². The lowest BCUT2D eigenvalue weighted by molar-refractivity contribution is 0.887. The zero-order chi connectivity index (χ0) is 10.6. The molecule has 0 saturated carbocycles. The fourth-order valence-electron chi connectivity index (χ4n) is 1.07. The van der Waals surface area contributed by atoms with E-state index >= 15 is 0 Å². The molecule has 0 atom stereocenters. The molecule has 4 nitrogen and oxygen atoms in total. The summed E-state index contributed by atoms with van der Waals surface area (Å²) in [6, 6.07) is 3.60. The normalized spacial score (nSPS) is 9.36. The molecule has 0 aromatic carbocycles. The Balaban J connectivity index is 0.000000461. The van der Waals surface area contributed by atoms with E-state index in [1.165, 1.54) is 10.8 Å². The Morgan fingerprint density at radius 2 is 2.00 bits per heavy atom. The van der Waals surface area contributed by atoms with Gasteiger partial charge in [0.15, 0.2) is 5.65 Å². The summed E-state index contributed by atoms with van der Waals surface area (Å²) < 4.78 is 1.52. The van der Waals surface area contributed by atoms with E-state index in [2.05, 4.69) is 9.97 Å². The van der Waals surface area contributed by atoms with E-state index in [1.54, 1.807) is 19.3 Å². The highest BCUT2D eigenvalue weighted by molar-refractivity contribution is 5.68. The Morgan fingerprint density at radius 3 is 2.71 bits per heavy atom. The van der Waals surface area contributed by atoms with Crippen LogP contribution in [0.5, 0.6) is 0 Å². The molecule has 0 spiro atoms. The molecule has 0 aliphatic rings. The molecule has 2 aromatic heterocycles. The Morgan fingerprint density at radius 1 is 1.29 bits per heavy atom. The van der Waals surface area contributed by atoms with Crippen LogP contribution in [-0.2, 0) is 7.05 Å². The van der Waals surface area contributed by atoms with Gasteiger partial charge in [-0.2, -0.15) is 0 Å². The van der Waals surface area contributed by atoms with Crippen LogP contribution in [0.4, 0.5) is 0 Å². The average Bonchev–Trinajstić information content (AvgIpc) is 2.27. The van der Waals surface area contributed by atoms with E-state index in [0.29, 0.717) is 5.65 Å². The third kappa shape index (κ3) is 1.79. The van der Waals surface area contributed by atoms with Crippen LogP contribution in [0.25, 0.3) is 11.2 Å². The topological polar surface area (TPSA) is 47.8 Å². The molecule has 0 N–H and O–H groups in total. The van der Waals surface area contributed by atoms with Gasteiger partial charge in [-0.3, -0.25) is 4.79 Å². The number of pyridine rings is 1. The zero-order valence-corrected chi connectivity index (χ0v) is 8.56. The molecule has 0 radical (unpaired) electrons. The molecular formula is C10H13N3O. The van der Waals surface area contributed by atoms with Crippen LogP contribution in [-0.4, -0.2) is 14.5 Å². The summed E-state index contributed by atoms with van der Waals surface area (Å²) in [7, 11) is 1.70. The summed E-state index contributed by atoms with van der Waals surface area (Å²) in [5.41, 5.74) is 1.24. The summed E-state index contributed by atoms with van der Waals surface area (Å²) in [5, 5.41) is 0. The molecule has 2 heterocycles. The van der Waals surface area contributed by atoms with Crippen molar-refractivity contribution in [1.29, 1.82) is 0 Å². The van der Waals surface area contributed by atoms with Crippen molar-refractivity contribution >= 4 is 11.2 Å². The molecule has 74 valence electrons. The predicted octanol–water partition coefficient (Wildman–Crippen LogP) is 1.35. The van der Waals surface area contributed by atoms with Crippen molar-refractivity contribution in [2.75, 3.05) is 0 Å². The van der Waals surface area contributed by atoms with Crippen molar-refractivity contribution in [1.82, 2.24) is 14.5 Å². The Kier molecular flexibility index (Phi) is 3.34. The number of aryl methyl sites for hydroxylation is 1.